The second-order valence-electron chi connectivity index (χ2n) is 4.36. The molecule has 0 aromatic heterocycles. The number of hydrogen-bond acceptors (Lipinski definition) is 3. The molecule has 16 heavy (non-hydrogen) atoms. The number of nitrogens with two attached hydrogens (primary N) is 1. The lowest BCUT2D eigenvalue weighted by Crippen LogP contribution is -2.50. The van der Waals surface area contributed by atoms with Crippen LogP contribution in [-0.4, -0.2) is 42.9 Å². The van der Waals surface area contributed by atoms with Crippen molar-refractivity contribution in [3.8, 4) is 0 Å². The van der Waals surface area contributed by atoms with Crippen molar-refractivity contribution in [2.75, 3.05) is 20.1 Å². The van der Waals surface area contributed by atoms with E-state index in [0.717, 1.165) is 12.8 Å². The van der Waals surface area contributed by atoms with Crippen LogP contribution in [0.2, 0.25) is 0 Å². The fourth-order valence-electron chi connectivity index (χ4n) is 1.91. The van der Waals surface area contributed by atoms with Crippen LogP contribution in [0, 0.1) is 5.92 Å². The molecule has 1 saturated heterocycles. The maximum Gasteiger partial charge on any atom is 0.224 e. The number of rotatable bonds is 4. The van der Waals surface area contributed by atoms with Crippen LogP contribution in [-0.2, 0) is 9.59 Å². The van der Waals surface area contributed by atoms with Crippen molar-refractivity contribution >= 4 is 11.8 Å². The largest absolute Gasteiger partial charge is 0.351 e. The number of carbonyl (C=O) groups is 2. The third-order valence-electron chi connectivity index (χ3n) is 3.12. The van der Waals surface area contributed by atoms with Crippen LogP contribution in [0.25, 0.3) is 0 Å². The molecule has 0 aliphatic carbocycles. The molecule has 0 bridgehead atoms. The molecule has 2 amide bonds. The summed E-state index contributed by atoms with van der Waals surface area (Å²) in [6.45, 7) is 2.93. The first-order valence-electron chi connectivity index (χ1n) is 5.82. The standard InChI is InChI=1S/C11H21N3O2/c1-3-8(6-12)11(16)13-9-4-5-10(15)14(2)7-9/h8-9H,3-7,12H2,1-2H3,(H,13,16). The van der Waals surface area contributed by atoms with Crippen LogP contribution in [0.5, 0.6) is 0 Å². The van der Waals surface area contributed by atoms with E-state index in [1.165, 1.54) is 0 Å². The highest BCUT2D eigenvalue weighted by Gasteiger charge is 2.25. The number of hydrogen-bond donors (Lipinski definition) is 2. The molecule has 2 atom stereocenters. The van der Waals surface area contributed by atoms with Crippen molar-refractivity contribution in [1.29, 1.82) is 0 Å². The molecule has 5 nitrogen and oxygen atoms in total. The Morgan fingerprint density at radius 3 is 2.88 bits per heavy atom. The lowest BCUT2D eigenvalue weighted by Gasteiger charge is -2.31. The quantitative estimate of drug-likeness (QED) is 0.693. The molecule has 2 unspecified atom stereocenters. The summed E-state index contributed by atoms with van der Waals surface area (Å²) < 4.78 is 0. The normalized spacial score (nSPS) is 23.1. The van der Waals surface area contributed by atoms with Gasteiger partial charge in [0.2, 0.25) is 11.8 Å². The second-order valence-corrected chi connectivity index (χ2v) is 4.36. The number of nitrogens with zero attached hydrogens (tertiary/aromatic N) is 1. The van der Waals surface area contributed by atoms with E-state index >= 15 is 0 Å². The molecule has 1 heterocycles. The molecule has 1 aliphatic heterocycles. The van der Waals surface area contributed by atoms with Crippen molar-refractivity contribution < 1.29 is 9.59 Å². The van der Waals surface area contributed by atoms with E-state index in [1.54, 1.807) is 11.9 Å². The molecule has 0 aromatic rings. The first-order chi connectivity index (χ1) is 7.58. The van der Waals surface area contributed by atoms with Gasteiger partial charge in [0, 0.05) is 38.5 Å². The summed E-state index contributed by atoms with van der Waals surface area (Å²) in [5.41, 5.74) is 5.51. The van der Waals surface area contributed by atoms with Gasteiger partial charge in [0.15, 0.2) is 0 Å². The zero-order chi connectivity index (χ0) is 12.1. The fourth-order valence-corrected chi connectivity index (χ4v) is 1.91. The van der Waals surface area contributed by atoms with E-state index in [9.17, 15) is 9.59 Å². The summed E-state index contributed by atoms with van der Waals surface area (Å²) >= 11 is 0. The highest BCUT2D eigenvalue weighted by Crippen LogP contribution is 2.10. The summed E-state index contributed by atoms with van der Waals surface area (Å²) in [5.74, 6) is 0.0528. The van der Waals surface area contributed by atoms with E-state index in [1.807, 2.05) is 6.92 Å². The van der Waals surface area contributed by atoms with Crippen LogP contribution in [0.15, 0.2) is 0 Å². The summed E-state index contributed by atoms with van der Waals surface area (Å²) in [4.78, 5) is 24.7. The van der Waals surface area contributed by atoms with E-state index in [-0.39, 0.29) is 23.8 Å². The van der Waals surface area contributed by atoms with Gasteiger partial charge >= 0.3 is 0 Å². The summed E-state index contributed by atoms with van der Waals surface area (Å²) in [6, 6.07) is 0.0794. The topological polar surface area (TPSA) is 75.4 Å². The van der Waals surface area contributed by atoms with Crippen LogP contribution >= 0.6 is 0 Å². The lowest BCUT2D eigenvalue weighted by atomic mass is 10.0. The van der Waals surface area contributed by atoms with Crippen molar-refractivity contribution in [2.45, 2.75) is 32.2 Å². The van der Waals surface area contributed by atoms with E-state index in [0.29, 0.717) is 19.5 Å². The zero-order valence-corrected chi connectivity index (χ0v) is 10.0. The highest BCUT2D eigenvalue weighted by molar-refractivity contribution is 5.80. The van der Waals surface area contributed by atoms with Gasteiger partial charge in [0.05, 0.1) is 0 Å². The van der Waals surface area contributed by atoms with Gasteiger partial charge in [0.1, 0.15) is 0 Å². The molecular formula is C11H21N3O2. The Hall–Kier alpha value is -1.10. The first kappa shape index (κ1) is 13.0. The van der Waals surface area contributed by atoms with Crippen molar-refractivity contribution in [3.63, 3.8) is 0 Å². The van der Waals surface area contributed by atoms with Gasteiger partial charge in [-0.3, -0.25) is 9.59 Å². The molecule has 1 rings (SSSR count). The molecule has 1 fully saturated rings. The van der Waals surface area contributed by atoms with E-state index < -0.39 is 0 Å². The average molecular weight is 227 g/mol. The summed E-state index contributed by atoms with van der Waals surface area (Å²) in [6.07, 6.45) is 2.00. The van der Waals surface area contributed by atoms with Gasteiger partial charge < -0.3 is 16.0 Å². The van der Waals surface area contributed by atoms with Gasteiger partial charge in [-0.25, -0.2) is 0 Å². The highest BCUT2D eigenvalue weighted by atomic mass is 16.2. The lowest BCUT2D eigenvalue weighted by molar-refractivity contribution is -0.134. The number of likely N-dealkylation sites (N-methyl/N-ethyl adjacent to an activating group) is 1. The predicted molar refractivity (Wildman–Crippen MR) is 61.6 cm³/mol. The minimum Gasteiger partial charge on any atom is -0.351 e. The second kappa shape index (κ2) is 5.84. The monoisotopic (exact) mass is 227 g/mol. The van der Waals surface area contributed by atoms with Crippen molar-refractivity contribution in [1.82, 2.24) is 10.2 Å². The average Bonchev–Trinajstić information content (AvgIpc) is 2.25. The van der Waals surface area contributed by atoms with Crippen LogP contribution in [0.3, 0.4) is 0 Å². The number of likely N-dealkylation sites (tertiary alicyclic amines) is 1. The molecule has 0 spiro atoms. The van der Waals surface area contributed by atoms with Crippen LogP contribution < -0.4 is 11.1 Å². The van der Waals surface area contributed by atoms with E-state index in [2.05, 4.69) is 5.32 Å². The fraction of sp³-hybridized carbons (Fsp3) is 0.818. The maximum atomic E-state index is 11.8. The minimum absolute atomic E-state index is 0.0118. The predicted octanol–water partition coefficient (Wildman–Crippen LogP) is -0.292. The number of nitrogens with one attached hydrogen (secondary N) is 1. The number of amides is 2. The Morgan fingerprint density at radius 1 is 1.69 bits per heavy atom. The molecule has 0 saturated carbocycles. The molecule has 1 aliphatic rings. The summed E-state index contributed by atoms with van der Waals surface area (Å²) in [5, 5.41) is 2.96. The minimum atomic E-state index is -0.108. The number of carbonyl (C=O) groups excluding carboxylic acids is 2. The van der Waals surface area contributed by atoms with Crippen LogP contribution in [0.4, 0.5) is 0 Å². The Labute approximate surface area is 96.4 Å². The van der Waals surface area contributed by atoms with Gasteiger partial charge in [-0.05, 0) is 12.8 Å². The maximum absolute atomic E-state index is 11.8. The third-order valence-corrected chi connectivity index (χ3v) is 3.12. The number of piperidine rings is 1. The summed E-state index contributed by atoms with van der Waals surface area (Å²) in [7, 11) is 1.76. The Kier molecular flexibility index (Phi) is 4.73. The van der Waals surface area contributed by atoms with Gasteiger partial charge in [-0.15, -0.1) is 0 Å². The Balaban J connectivity index is 2.43. The van der Waals surface area contributed by atoms with Crippen molar-refractivity contribution in [3.05, 3.63) is 0 Å². The van der Waals surface area contributed by atoms with Gasteiger partial charge in [-0.2, -0.15) is 0 Å². The van der Waals surface area contributed by atoms with Gasteiger partial charge in [-0.1, -0.05) is 6.92 Å². The smallest absolute Gasteiger partial charge is 0.224 e. The molecule has 5 heteroatoms. The molecule has 3 N–H and O–H groups in total. The molecule has 0 radical (unpaired) electrons. The van der Waals surface area contributed by atoms with Crippen molar-refractivity contribution in [2.24, 2.45) is 11.7 Å². The molecule has 92 valence electrons. The first-order valence-corrected chi connectivity index (χ1v) is 5.82. The van der Waals surface area contributed by atoms with E-state index in [4.69, 9.17) is 5.73 Å². The SMILES string of the molecule is CCC(CN)C(=O)NC1CCC(=O)N(C)C1. The third kappa shape index (κ3) is 3.20. The molecule has 0 aromatic carbocycles. The Bertz CT molecular complexity index is 264. The molecular weight excluding hydrogens is 206 g/mol. The van der Waals surface area contributed by atoms with Gasteiger partial charge in [0.25, 0.3) is 0 Å². The van der Waals surface area contributed by atoms with Crippen LogP contribution in [0.1, 0.15) is 26.2 Å². The Morgan fingerprint density at radius 2 is 2.38 bits per heavy atom. The zero-order valence-electron chi connectivity index (χ0n) is 10.0.